The van der Waals surface area contributed by atoms with E-state index in [9.17, 15) is 9.50 Å². The largest absolute Gasteiger partial charge is 1.00 e. The van der Waals surface area contributed by atoms with Crippen molar-refractivity contribution in [2.24, 2.45) is 0 Å². The fourth-order valence-electron chi connectivity index (χ4n) is 0.0818. The van der Waals surface area contributed by atoms with Crippen molar-refractivity contribution in [2.45, 2.75) is 8.92 Å². The van der Waals surface area contributed by atoms with Crippen molar-refractivity contribution in [2.75, 3.05) is 6.61 Å². The van der Waals surface area contributed by atoms with Crippen LogP contribution in [0, 0.1) is 0 Å². The van der Waals surface area contributed by atoms with Crippen LogP contribution in [-0.4, -0.2) is 15.5 Å². The molecule has 0 heterocycles. The molecule has 0 aromatic rings. The first-order valence-corrected chi connectivity index (χ1v) is 3.35. The van der Waals surface area contributed by atoms with E-state index in [4.69, 9.17) is 46.4 Å². The molecule has 0 bridgehead atoms. The number of rotatable bonds is 2. The topological polar surface area (TPSA) is 23.1 Å². The molecule has 0 unspecified atom stereocenters. The van der Waals surface area contributed by atoms with Gasteiger partial charge in [-0.3, -0.25) is 0 Å². The third-order valence-corrected chi connectivity index (χ3v) is 2.37. The summed E-state index contributed by atoms with van der Waals surface area (Å²) in [6.07, 6.45) is 0. The van der Waals surface area contributed by atoms with Crippen LogP contribution in [0.3, 0.4) is 0 Å². The van der Waals surface area contributed by atoms with Crippen LogP contribution in [0.5, 0.6) is 0 Å². The molecule has 10 heavy (non-hydrogen) atoms. The average molecular weight is 238 g/mol. The molecule has 0 aliphatic carbocycles. The normalized spacial score (nSPS) is 12.6. The molecule has 56 valence electrons. The molecule has 0 rings (SSSR count). The summed E-state index contributed by atoms with van der Waals surface area (Å²) >= 11 is 19.5. The molecule has 1 nitrogen and oxygen atoms in total. The van der Waals surface area contributed by atoms with Crippen LogP contribution in [0.4, 0.5) is 4.39 Å². The van der Waals surface area contributed by atoms with Crippen LogP contribution >= 0.6 is 46.4 Å². The van der Waals surface area contributed by atoms with Gasteiger partial charge in [-0.25, -0.2) is 4.39 Å². The summed E-state index contributed by atoms with van der Waals surface area (Å²) in [4.78, 5) is 0. The van der Waals surface area contributed by atoms with Gasteiger partial charge in [0.2, 0.25) is 0 Å². The Morgan fingerprint density at radius 1 is 1.20 bits per heavy atom. The minimum Gasteiger partial charge on any atom is -0.852 e. The van der Waals surface area contributed by atoms with Gasteiger partial charge in [0.05, 0.1) is 0 Å². The Hall–Kier alpha value is 2.05. The molecular formula is C3H2Cl4FNaO. The zero-order valence-corrected chi connectivity index (χ0v) is 10.0. The minimum absolute atomic E-state index is 0. The first kappa shape index (κ1) is 14.6. The van der Waals surface area contributed by atoms with E-state index in [1.807, 2.05) is 0 Å². The quantitative estimate of drug-likeness (QED) is 0.429. The predicted molar refractivity (Wildman–Crippen MR) is 34.8 cm³/mol. The maximum atomic E-state index is 12.2. The SMILES string of the molecule is [Na+].[O-]CC(Cl)(Cl)C(F)(Cl)Cl. The molecule has 0 atom stereocenters. The monoisotopic (exact) mass is 236 g/mol. The van der Waals surface area contributed by atoms with Crippen molar-refractivity contribution in [3.8, 4) is 0 Å². The minimum atomic E-state index is -2.89. The number of alkyl halides is 5. The van der Waals surface area contributed by atoms with Crippen LogP contribution in [0.15, 0.2) is 0 Å². The summed E-state index contributed by atoms with van der Waals surface area (Å²) in [7, 11) is 0. The average Bonchev–Trinajstić information content (AvgIpc) is 1.64. The zero-order chi connectivity index (χ0) is 7.71. The molecule has 0 saturated heterocycles. The molecular weight excluding hydrogens is 236 g/mol. The Bertz CT molecular complexity index is 103. The van der Waals surface area contributed by atoms with Crippen LogP contribution in [0.1, 0.15) is 0 Å². The fourth-order valence-corrected chi connectivity index (χ4v) is 0.191. The van der Waals surface area contributed by atoms with Gasteiger partial charge >= 0.3 is 29.6 Å². The molecule has 0 fully saturated rings. The molecule has 0 N–H and O–H groups in total. The van der Waals surface area contributed by atoms with Gasteiger partial charge in [0.25, 0.3) is 4.59 Å². The number of halogens is 5. The Morgan fingerprint density at radius 2 is 1.50 bits per heavy atom. The summed E-state index contributed by atoms with van der Waals surface area (Å²) < 4.78 is 7.08. The Balaban J connectivity index is 0. The standard InChI is InChI=1S/C3H2Cl4FO.Na/c4-2(5,1-9)3(6,7)8;/h1H2;/q-1;+1. The predicted octanol–water partition coefficient (Wildman–Crippen LogP) is -1.37. The Labute approximate surface area is 100 Å². The van der Waals surface area contributed by atoms with Gasteiger partial charge in [-0.05, 0) is 0 Å². The Morgan fingerprint density at radius 3 is 1.50 bits per heavy atom. The smallest absolute Gasteiger partial charge is 0.852 e. The maximum Gasteiger partial charge on any atom is 1.00 e. The van der Waals surface area contributed by atoms with E-state index in [2.05, 4.69) is 0 Å². The first-order chi connectivity index (χ1) is 3.81. The molecule has 0 aromatic carbocycles. The summed E-state index contributed by atoms with van der Waals surface area (Å²) in [5.74, 6) is 0. The summed E-state index contributed by atoms with van der Waals surface area (Å²) in [6.45, 7) is -1.10. The van der Waals surface area contributed by atoms with Gasteiger partial charge in [-0.15, -0.1) is 0 Å². The molecule has 0 aliphatic rings. The third kappa shape index (κ3) is 4.17. The fraction of sp³-hybridized carbons (Fsp3) is 1.00. The second-order valence-corrected chi connectivity index (χ2v) is 4.07. The van der Waals surface area contributed by atoms with Crippen molar-refractivity contribution in [3.63, 3.8) is 0 Å². The van der Waals surface area contributed by atoms with E-state index < -0.39 is 15.5 Å². The maximum absolute atomic E-state index is 12.2. The molecule has 0 aliphatic heterocycles. The van der Waals surface area contributed by atoms with E-state index in [0.717, 1.165) is 0 Å². The van der Waals surface area contributed by atoms with Gasteiger partial charge in [0.15, 0.2) is 4.33 Å². The van der Waals surface area contributed by atoms with Gasteiger partial charge in [-0.2, -0.15) is 0 Å². The summed E-state index contributed by atoms with van der Waals surface area (Å²) in [5, 5.41) is 9.93. The van der Waals surface area contributed by atoms with Gasteiger partial charge in [0, 0.05) is 0 Å². The molecule has 0 spiro atoms. The van der Waals surface area contributed by atoms with Crippen LogP contribution in [0.2, 0.25) is 0 Å². The van der Waals surface area contributed by atoms with Crippen LogP contribution < -0.4 is 34.7 Å². The second-order valence-electron chi connectivity index (χ2n) is 1.35. The molecule has 7 heteroatoms. The Kier molecular flexibility index (Phi) is 7.18. The van der Waals surface area contributed by atoms with Crippen molar-refractivity contribution in [1.82, 2.24) is 0 Å². The van der Waals surface area contributed by atoms with Crippen molar-refractivity contribution in [1.29, 1.82) is 0 Å². The zero-order valence-electron chi connectivity index (χ0n) is 5.01. The van der Waals surface area contributed by atoms with Gasteiger partial charge in [-0.1, -0.05) is 53.0 Å². The van der Waals surface area contributed by atoms with Crippen LogP contribution in [0.25, 0.3) is 0 Å². The van der Waals surface area contributed by atoms with E-state index in [-0.39, 0.29) is 29.6 Å². The van der Waals surface area contributed by atoms with Crippen molar-refractivity contribution < 1.29 is 39.1 Å². The second kappa shape index (κ2) is 4.93. The molecule has 0 amide bonds. The van der Waals surface area contributed by atoms with Gasteiger partial charge < -0.3 is 5.11 Å². The van der Waals surface area contributed by atoms with E-state index in [1.165, 1.54) is 0 Å². The molecule has 0 aromatic heterocycles. The molecule has 0 saturated carbocycles. The third-order valence-electron chi connectivity index (χ3n) is 0.596. The van der Waals surface area contributed by atoms with E-state index in [0.29, 0.717) is 0 Å². The van der Waals surface area contributed by atoms with E-state index >= 15 is 0 Å². The van der Waals surface area contributed by atoms with Gasteiger partial charge in [0.1, 0.15) is 0 Å². The number of hydrogen-bond acceptors (Lipinski definition) is 1. The summed E-state index contributed by atoms with van der Waals surface area (Å²) in [6, 6.07) is 0. The first-order valence-electron chi connectivity index (χ1n) is 1.84. The van der Waals surface area contributed by atoms with E-state index in [1.54, 1.807) is 0 Å². The van der Waals surface area contributed by atoms with Crippen molar-refractivity contribution >= 4 is 46.4 Å². The van der Waals surface area contributed by atoms with Crippen molar-refractivity contribution in [3.05, 3.63) is 0 Å². The van der Waals surface area contributed by atoms with Crippen LogP contribution in [-0.2, 0) is 0 Å². The number of hydrogen-bond donors (Lipinski definition) is 0. The molecule has 0 radical (unpaired) electrons. The summed E-state index contributed by atoms with van der Waals surface area (Å²) in [5.41, 5.74) is 0.